The topological polar surface area (TPSA) is 56.1 Å². The van der Waals surface area contributed by atoms with E-state index in [4.69, 9.17) is 10.1 Å². The van der Waals surface area contributed by atoms with Crippen LogP contribution in [-0.4, -0.2) is 66.0 Å². The van der Waals surface area contributed by atoms with E-state index in [1.165, 1.54) is 0 Å². The van der Waals surface area contributed by atoms with Crippen LogP contribution in [0.2, 0.25) is 0 Å². The summed E-state index contributed by atoms with van der Waals surface area (Å²) in [4.78, 5) is 19.8. The van der Waals surface area contributed by atoms with E-state index in [0.717, 1.165) is 64.0 Å². The first-order chi connectivity index (χ1) is 10.5. The van der Waals surface area contributed by atoms with Gasteiger partial charge in [0.05, 0.1) is 12.1 Å². The Kier molecular flexibility index (Phi) is 11.1. The Morgan fingerprint density at radius 1 is 1.36 bits per heavy atom. The van der Waals surface area contributed by atoms with Crippen molar-refractivity contribution in [3.63, 3.8) is 0 Å². The van der Waals surface area contributed by atoms with E-state index in [0.29, 0.717) is 0 Å². The van der Waals surface area contributed by atoms with Gasteiger partial charge in [0.2, 0.25) is 6.41 Å². The fraction of sp³-hybridized carbons (Fsp3) is 0.882. The molecule has 1 amide bonds. The lowest BCUT2D eigenvalue weighted by molar-refractivity contribution is -0.114. The minimum Gasteiger partial charge on any atom is -0.395 e. The van der Waals surface area contributed by atoms with Crippen LogP contribution in [0.25, 0.3) is 0 Å². The highest BCUT2D eigenvalue weighted by Crippen LogP contribution is 2.26. The van der Waals surface area contributed by atoms with Crippen molar-refractivity contribution in [3.05, 3.63) is 0 Å². The van der Waals surface area contributed by atoms with E-state index in [1.807, 2.05) is 13.8 Å². The highest BCUT2D eigenvalue weighted by molar-refractivity contribution is 5.90. The summed E-state index contributed by atoms with van der Waals surface area (Å²) < 4.78 is 0. The Balaban J connectivity index is 0.00000211. The Morgan fingerprint density at radius 3 is 2.41 bits per heavy atom. The maximum Gasteiger partial charge on any atom is 0.214 e. The number of amidine groups is 1. The third-order valence-corrected chi connectivity index (χ3v) is 4.07. The molecule has 0 bridgehead atoms. The molecule has 1 heterocycles. The number of unbranched alkanes of at least 4 members (excludes halogenated alkanes) is 1. The molecule has 0 saturated carbocycles. The fourth-order valence-electron chi connectivity index (χ4n) is 2.53. The maximum absolute atomic E-state index is 11.0. The van der Waals surface area contributed by atoms with Crippen LogP contribution in [0.3, 0.4) is 0 Å². The van der Waals surface area contributed by atoms with Crippen LogP contribution in [-0.2, 0) is 4.79 Å². The van der Waals surface area contributed by atoms with Gasteiger partial charge in [-0.15, -0.1) is 0 Å². The van der Waals surface area contributed by atoms with Gasteiger partial charge >= 0.3 is 0 Å². The second-order valence-electron chi connectivity index (χ2n) is 5.91. The average Bonchev–Trinajstić information content (AvgIpc) is 2.55. The Bertz CT molecular complexity index is 324. The van der Waals surface area contributed by atoms with Gasteiger partial charge < -0.3 is 14.9 Å². The van der Waals surface area contributed by atoms with E-state index < -0.39 is 0 Å². The minimum absolute atomic E-state index is 0.0771. The molecule has 0 unspecified atom stereocenters. The Hall–Kier alpha value is -0.940. The lowest BCUT2D eigenvalue weighted by Crippen LogP contribution is -2.43. The molecule has 130 valence electrons. The summed E-state index contributed by atoms with van der Waals surface area (Å²) in [7, 11) is 1.78. The number of β-amino-alcohol motifs (C(OH)–C–C–N with tert-alkyl or cyclic N) is 1. The molecule has 0 spiro atoms. The average molecular weight is 313 g/mol. The molecule has 0 atom stereocenters. The van der Waals surface area contributed by atoms with Crippen LogP contribution in [0.5, 0.6) is 0 Å². The second kappa shape index (κ2) is 11.6. The second-order valence-corrected chi connectivity index (χ2v) is 5.91. The predicted octanol–water partition coefficient (Wildman–Crippen LogP) is 2.54. The number of aliphatic hydroxyl groups excluding tert-OH is 1. The first-order valence-corrected chi connectivity index (χ1v) is 8.64. The zero-order chi connectivity index (χ0) is 17.0. The van der Waals surface area contributed by atoms with Crippen molar-refractivity contribution in [2.75, 3.05) is 33.3 Å². The van der Waals surface area contributed by atoms with Gasteiger partial charge in [0, 0.05) is 33.1 Å². The summed E-state index contributed by atoms with van der Waals surface area (Å²) in [5, 5.41) is 8.98. The number of hydrogen-bond donors (Lipinski definition) is 1. The molecule has 0 aromatic carbocycles. The van der Waals surface area contributed by atoms with Gasteiger partial charge in [-0.25, -0.2) is 0 Å². The van der Waals surface area contributed by atoms with Crippen molar-refractivity contribution in [1.82, 2.24) is 9.80 Å². The van der Waals surface area contributed by atoms with Gasteiger partial charge in [-0.2, -0.15) is 0 Å². The minimum atomic E-state index is -0.0771. The molecule has 0 aliphatic carbocycles. The highest BCUT2D eigenvalue weighted by atomic mass is 16.3. The van der Waals surface area contributed by atoms with Crippen LogP contribution in [0.4, 0.5) is 0 Å². The van der Waals surface area contributed by atoms with Crippen LogP contribution < -0.4 is 0 Å². The number of amides is 1. The molecule has 22 heavy (non-hydrogen) atoms. The first-order valence-electron chi connectivity index (χ1n) is 8.64. The zero-order valence-electron chi connectivity index (χ0n) is 15.1. The zero-order valence-corrected chi connectivity index (χ0v) is 15.1. The molecule has 0 radical (unpaired) electrons. The van der Waals surface area contributed by atoms with Crippen LogP contribution in [0, 0.1) is 0 Å². The standard InChI is InChI=1S/C15H29N3O2.C2H6/c1-4-5-6-14(17(3)13-20)16-15(2)7-9-18(10-8-15)11-12-19;1-2/h13,19H,4-12H2,1-3H3;1-2H3. The van der Waals surface area contributed by atoms with Crippen LogP contribution in [0.1, 0.15) is 59.8 Å². The van der Waals surface area contributed by atoms with E-state index in [2.05, 4.69) is 18.7 Å². The number of likely N-dealkylation sites (tertiary alicyclic amines) is 1. The van der Waals surface area contributed by atoms with E-state index >= 15 is 0 Å². The number of aliphatic hydroxyl groups is 1. The van der Waals surface area contributed by atoms with E-state index in [9.17, 15) is 4.79 Å². The smallest absolute Gasteiger partial charge is 0.214 e. The van der Waals surface area contributed by atoms with E-state index in [1.54, 1.807) is 11.9 Å². The van der Waals surface area contributed by atoms with Crippen molar-refractivity contribution in [2.24, 2.45) is 4.99 Å². The highest BCUT2D eigenvalue weighted by Gasteiger charge is 2.30. The van der Waals surface area contributed by atoms with E-state index in [-0.39, 0.29) is 12.1 Å². The van der Waals surface area contributed by atoms with Gasteiger partial charge in [0.15, 0.2) is 0 Å². The predicted molar refractivity (Wildman–Crippen MR) is 93.3 cm³/mol. The molecular weight excluding hydrogens is 278 g/mol. The Morgan fingerprint density at radius 2 is 1.95 bits per heavy atom. The molecule has 1 saturated heterocycles. The Labute approximate surface area is 136 Å². The van der Waals surface area contributed by atoms with Crippen molar-refractivity contribution < 1.29 is 9.90 Å². The van der Waals surface area contributed by atoms with Gasteiger partial charge in [0.1, 0.15) is 5.84 Å². The molecule has 1 rings (SSSR count). The monoisotopic (exact) mass is 313 g/mol. The summed E-state index contributed by atoms with van der Waals surface area (Å²) in [6.45, 7) is 11.2. The summed E-state index contributed by atoms with van der Waals surface area (Å²) in [5.41, 5.74) is -0.0771. The SMILES string of the molecule is CC.CCCCC(=NC1(C)CCN(CCO)CC1)N(C)C=O. The molecule has 1 aliphatic heterocycles. The molecular formula is C17H35N3O2. The summed E-state index contributed by atoms with van der Waals surface area (Å²) in [6.07, 6.45) is 5.83. The number of carbonyl (C=O) groups excluding carboxylic acids is 1. The molecule has 5 nitrogen and oxygen atoms in total. The number of rotatable bonds is 7. The number of carbonyl (C=O) groups is 1. The quantitative estimate of drug-likeness (QED) is 0.446. The molecule has 1 N–H and O–H groups in total. The van der Waals surface area contributed by atoms with Crippen molar-refractivity contribution in [1.29, 1.82) is 0 Å². The van der Waals surface area contributed by atoms with Gasteiger partial charge in [-0.05, 0) is 26.2 Å². The summed E-state index contributed by atoms with van der Waals surface area (Å²) in [5.74, 6) is 0.903. The number of nitrogens with zero attached hydrogens (tertiary/aromatic N) is 3. The van der Waals surface area contributed by atoms with Crippen LogP contribution >= 0.6 is 0 Å². The van der Waals surface area contributed by atoms with Gasteiger partial charge in [-0.1, -0.05) is 27.2 Å². The normalized spacial score (nSPS) is 18.4. The molecule has 0 aromatic heterocycles. The summed E-state index contributed by atoms with van der Waals surface area (Å²) in [6, 6.07) is 0. The largest absolute Gasteiger partial charge is 0.395 e. The number of aliphatic imine (C=N–C) groups is 1. The van der Waals surface area contributed by atoms with Gasteiger partial charge in [0.25, 0.3) is 0 Å². The molecule has 1 fully saturated rings. The number of hydrogen-bond acceptors (Lipinski definition) is 4. The summed E-state index contributed by atoms with van der Waals surface area (Å²) >= 11 is 0. The lowest BCUT2D eigenvalue weighted by Gasteiger charge is -2.37. The molecule has 1 aliphatic rings. The van der Waals surface area contributed by atoms with Crippen molar-refractivity contribution >= 4 is 12.2 Å². The molecule has 5 heteroatoms. The first kappa shape index (κ1) is 21.1. The number of piperidine rings is 1. The molecule has 0 aromatic rings. The lowest BCUT2D eigenvalue weighted by atomic mass is 9.90. The third kappa shape index (κ3) is 7.36. The maximum atomic E-state index is 11.0. The van der Waals surface area contributed by atoms with Crippen molar-refractivity contribution in [3.8, 4) is 0 Å². The van der Waals surface area contributed by atoms with Crippen LogP contribution in [0.15, 0.2) is 4.99 Å². The van der Waals surface area contributed by atoms with Crippen molar-refractivity contribution in [2.45, 2.75) is 65.3 Å². The fourth-order valence-corrected chi connectivity index (χ4v) is 2.53. The van der Waals surface area contributed by atoms with Gasteiger partial charge in [-0.3, -0.25) is 9.79 Å². The third-order valence-electron chi connectivity index (χ3n) is 4.07.